The summed E-state index contributed by atoms with van der Waals surface area (Å²) in [6, 6.07) is 8.87. The summed E-state index contributed by atoms with van der Waals surface area (Å²) in [5.74, 6) is -0.713. The van der Waals surface area contributed by atoms with Crippen LogP contribution in [0.5, 0.6) is 5.75 Å². The highest BCUT2D eigenvalue weighted by molar-refractivity contribution is 7.39. The lowest BCUT2D eigenvalue weighted by atomic mass is 10.1. The zero-order valence-corrected chi connectivity index (χ0v) is 22.6. The smallest absolute Gasteiger partial charge is 0.328 e. The molecule has 0 unspecified atom stereocenters. The predicted octanol–water partition coefficient (Wildman–Crippen LogP) is 1.29. The van der Waals surface area contributed by atoms with Crippen molar-refractivity contribution in [2.24, 2.45) is 0 Å². The van der Waals surface area contributed by atoms with Gasteiger partial charge in [0.25, 0.3) is 17.6 Å². The standard InChI is InChI=1S/C25H26N7O7P/c1-16-27-14-32(28-16)23-21-20(19(38-2)12-26-23)18(13-31(21)15-39-40(36)37)22(33)25(35)30-10-8-29(9-11-30)24(34)17-6-4-3-5-7-17/h3-7,12-14,36-37H,8-11,15H2,1-2H3. The number of fused-ring (bicyclic) bond motifs is 1. The molecule has 4 aromatic rings. The number of benzene rings is 1. The number of methoxy groups -OCH3 is 1. The molecule has 1 saturated heterocycles. The zero-order chi connectivity index (χ0) is 28.4. The first-order chi connectivity index (χ1) is 19.3. The molecule has 1 aromatic carbocycles. The highest BCUT2D eigenvalue weighted by Gasteiger charge is 2.32. The normalized spacial score (nSPS) is 13.7. The topological polar surface area (TPSA) is 165 Å². The number of carbonyl (C=O) groups excluding carboxylic acids is 3. The van der Waals surface area contributed by atoms with Crippen LogP contribution in [-0.2, 0) is 16.0 Å². The van der Waals surface area contributed by atoms with Crippen LogP contribution in [0.15, 0.2) is 49.1 Å². The first kappa shape index (κ1) is 27.3. The maximum Gasteiger partial charge on any atom is 0.328 e. The van der Waals surface area contributed by atoms with Crippen molar-refractivity contribution in [2.75, 3.05) is 33.3 Å². The molecule has 2 N–H and O–H groups in total. The van der Waals surface area contributed by atoms with Gasteiger partial charge in [-0.05, 0) is 19.1 Å². The van der Waals surface area contributed by atoms with Gasteiger partial charge in [-0.25, -0.2) is 14.6 Å². The Morgan fingerprint density at radius 3 is 2.35 bits per heavy atom. The lowest BCUT2D eigenvalue weighted by Gasteiger charge is -2.34. The fourth-order valence-electron chi connectivity index (χ4n) is 4.58. The van der Waals surface area contributed by atoms with Crippen molar-refractivity contribution in [2.45, 2.75) is 13.7 Å². The Bertz CT molecular complexity index is 1560. The molecule has 2 amide bonds. The third kappa shape index (κ3) is 5.29. The quantitative estimate of drug-likeness (QED) is 0.180. The molecule has 0 spiro atoms. The van der Waals surface area contributed by atoms with Crippen molar-refractivity contribution in [1.29, 1.82) is 0 Å². The molecule has 208 valence electrons. The monoisotopic (exact) mass is 567 g/mol. The summed E-state index contributed by atoms with van der Waals surface area (Å²) in [7, 11) is -1.30. The van der Waals surface area contributed by atoms with E-state index in [0.717, 1.165) is 0 Å². The Morgan fingerprint density at radius 2 is 1.73 bits per heavy atom. The summed E-state index contributed by atoms with van der Waals surface area (Å²) >= 11 is 0. The van der Waals surface area contributed by atoms with Crippen LogP contribution in [-0.4, -0.2) is 94.8 Å². The molecule has 0 bridgehead atoms. The number of piperazine rings is 1. The minimum absolute atomic E-state index is 0.0175. The summed E-state index contributed by atoms with van der Waals surface area (Å²) < 4.78 is 13.3. The SMILES string of the molecule is COc1cnc(-n2cnc(C)n2)c2c1c(C(=O)C(=O)N1CCN(C(=O)c3ccccc3)CC1)cn2COP(O)O. The number of pyridine rings is 1. The van der Waals surface area contributed by atoms with Crippen LogP contribution < -0.4 is 4.74 Å². The highest BCUT2D eigenvalue weighted by Crippen LogP contribution is 2.35. The molecular weight excluding hydrogens is 541 g/mol. The average Bonchev–Trinajstić information content (AvgIpc) is 3.59. The summed E-state index contributed by atoms with van der Waals surface area (Å²) in [5, 5.41) is 4.57. The van der Waals surface area contributed by atoms with Crippen molar-refractivity contribution < 1.29 is 33.4 Å². The van der Waals surface area contributed by atoms with E-state index in [1.54, 1.807) is 36.1 Å². The van der Waals surface area contributed by atoms with Gasteiger partial charge in [-0.1, -0.05) is 18.2 Å². The van der Waals surface area contributed by atoms with Crippen LogP contribution >= 0.6 is 8.60 Å². The molecule has 0 aliphatic carbocycles. The Balaban J connectivity index is 1.46. The number of Topliss-reactive ketones (excluding diaryl/α,β-unsaturated/α-hetero) is 1. The lowest BCUT2D eigenvalue weighted by Crippen LogP contribution is -2.52. The number of aromatic nitrogens is 5. The number of ketones is 1. The fourth-order valence-corrected chi connectivity index (χ4v) is 4.81. The molecule has 4 heterocycles. The number of nitrogens with zero attached hydrogens (tertiary/aromatic N) is 7. The molecule has 14 nitrogen and oxygen atoms in total. The van der Waals surface area contributed by atoms with Gasteiger partial charge in [0, 0.05) is 37.9 Å². The van der Waals surface area contributed by atoms with E-state index in [4.69, 9.17) is 9.26 Å². The fraction of sp³-hybridized carbons (Fsp3) is 0.280. The van der Waals surface area contributed by atoms with Crippen LogP contribution in [0.1, 0.15) is 26.5 Å². The predicted molar refractivity (Wildman–Crippen MR) is 142 cm³/mol. The Hall–Kier alpha value is -4.23. The first-order valence-electron chi connectivity index (χ1n) is 12.2. The summed E-state index contributed by atoms with van der Waals surface area (Å²) in [5.41, 5.74) is 0.890. The summed E-state index contributed by atoms with van der Waals surface area (Å²) in [6.07, 6.45) is 4.23. The minimum Gasteiger partial charge on any atom is -0.494 e. The van der Waals surface area contributed by atoms with Gasteiger partial charge in [0.05, 0.1) is 24.3 Å². The van der Waals surface area contributed by atoms with E-state index in [0.29, 0.717) is 16.9 Å². The number of carbonyl (C=O) groups is 3. The maximum atomic E-state index is 13.6. The van der Waals surface area contributed by atoms with Crippen LogP contribution in [0, 0.1) is 6.92 Å². The van der Waals surface area contributed by atoms with E-state index < -0.39 is 20.3 Å². The molecular formula is C25H26N7O7P. The van der Waals surface area contributed by atoms with E-state index in [-0.39, 0.29) is 61.3 Å². The van der Waals surface area contributed by atoms with Gasteiger partial charge in [0.15, 0.2) is 5.82 Å². The molecule has 3 aromatic heterocycles. The molecule has 1 aliphatic rings. The lowest BCUT2D eigenvalue weighted by molar-refractivity contribution is -0.127. The zero-order valence-electron chi connectivity index (χ0n) is 21.7. The third-order valence-corrected chi connectivity index (χ3v) is 6.86. The van der Waals surface area contributed by atoms with Crippen molar-refractivity contribution in [3.8, 4) is 11.6 Å². The van der Waals surface area contributed by atoms with Crippen molar-refractivity contribution >= 4 is 37.1 Å². The van der Waals surface area contributed by atoms with E-state index in [9.17, 15) is 24.2 Å². The average molecular weight is 567 g/mol. The number of ether oxygens (including phenoxy) is 1. The minimum atomic E-state index is -2.71. The Morgan fingerprint density at radius 1 is 1.02 bits per heavy atom. The van der Waals surface area contributed by atoms with Gasteiger partial charge in [0.2, 0.25) is 0 Å². The highest BCUT2D eigenvalue weighted by atomic mass is 31.2. The number of hydrogen-bond donors (Lipinski definition) is 2. The van der Waals surface area contributed by atoms with Crippen LogP contribution in [0.3, 0.4) is 0 Å². The summed E-state index contributed by atoms with van der Waals surface area (Å²) in [6.45, 7) is 2.28. The van der Waals surface area contributed by atoms with E-state index in [2.05, 4.69) is 15.1 Å². The molecule has 40 heavy (non-hydrogen) atoms. The molecule has 1 fully saturated rings. The number of amides is 2. The molecule has 15 heteroatoms. The Labute approximate surface area is 229 Å². The number of rotatable bonds is 8. The maximum absolute atomic E-state index is 13.6. The largest absolute Gasteiger partial charge is 0.494 e. The molecule has 5 rings (SSSR count). The number of aryl methyl sites for hydroxylation is 1. The Kier molecular flexibility index (Phi) is 7.85. The molecule has 1 aliphatic heterocycles. The molecule has 0 radical (unpaired) electrons. The van der Waals surface area contributed by atoms with Gasteiger partial charge < -0.3 is 28.9 Å². The first-order valence-corrected chi connectivity index (χ1v) is 13.4. The van der Waals surface area contributed by atoms with Gasteiger partial charge in [0.1, 0.15) is 30.1 Å². The van der Waals surface area contributed by atoms with Crippen LogP contribution in [0.4, 0.5) is 0 Å². The third-order valence-electron chi connectivity index (χ3n) is 6.51. The van der Waals surface area contributed by atoms with Gasteiger partial charge >= 0.3 is 8.60 Å². The summed E-state index contributed by atoms with van der Waals surface area (Å²) in [4.78, 5) is 70.1. The molecule has 0 saturated carbocycles. The van der Waals surface area contributed by atoms with Crippen molar-refractivity contribution in [3.63, 3.8) is 0 Å². The van der Waals surface area contributed by atoms with Gasteiger partial charge in [-0.2, -0.15) is 5.10 Å². The number of hydrogen-bond acceptors (Lipinski definition) is 10. The van der Waals surface area contributed by atoms with E-state index >= 15 is 0 Å². The van der Waals surface area contributed by atoms with E-state index in [1.807, 2.05) is 6.07 Å². The van der Waals surface area contributed by atoms with Crippen molar-refractivity contribution in [3.05, 3.63) is 66.0 Å². The van der Waals surface area contributed by atoms with Crippen LogP contribution in [0.2, 0.25) is 0 Å². The van der Waals surface area contributed by atoms with E-state index in [1.165, 1.54) is 40.0 Å². The van der Waals surface area contributed by atoms with Gasteiger partial charge in [-0.3, -0.25) is 18.9 Å². The second-order valence-corrected chi connectivity index (χ2v) is 9.68. The van der Waals surface area contributed by atoms with Gasteiger partial charge in [-0.15, -0.1) is 0 Å². The second kappa shape index (κ2) is 11.5. The van der Waals surface area contributed by atoms with Crippen LogP contribution in [0.25, 0.3) is 16.7 Å². The molecule has 0 atom stereocenters. The van der Waals surface area contributed by atoms with Crippen molar-refractivity contribution in [1.82, 2.24) is 34.1 Å². The second-order valence-electron chi connectivity index (χ2n) is 8.91.